The van der Waals surface area contributed by atoms with Crippen LogP contribution in [0.3, 0.4) is 0 Å². The second-order valence-corrected chi connectivity index (χ2v) is 8.13. The van der Waals surface area contributed by atoms with E-state index in [1.807, 2.05) is 23.8 Å². The molecule has 2 aromatic heterocycles. The fraction of sp³-hybridized carbons (Fsp3) is 0.217. The zero-order valence-corrected chi connectivity index (χ0v) is 17.2. The number of hydrogen-bond donors (Lipinski definition) is 1. The molecule has 0 unspecified atom stereocenters. The highest BCUT2D eigenvalue weighted by Gasteiger charge is 2.27. The van der Waals surface area contributed by atoms with E-state index in [1.165, 1.54) is 6.07 Å². The maximum absolute atomic E-state index is 14.8. The number of aryl methyl sites for hydroxylation is 1. The molecular formula is C23H19FN6O2. The van der Waals surface area contributed by atoms with Crippen LogP contribution in [0.5, 0.6) is 5.75 Å². The Kier molecular flexibility index (Phi) is 4.11. The molecule has 32 heavy (non-hydrogen) atoms. The molecule has 1 fully saturated rings. The molecule has 1 N–H and O–H groups in total. The third kappa shape index (κ3) is 3.05. The Balaban J connectivity index is 1.34. The zero-order chi connectivity index (χ0) is 21.8. The molecule has 2 aliphatic rings. The average molecular weight is 430 g/mol. The first-order chi connectivity index (χ1) is 15.6. The van der Waals surface area contributed by atoms with Gasteiger partial charge in [-0.25, -0.2) is 9.37 Å². The van der Waals surface area contributed by atoms with Crippen molar-refractivity contribution in [3.05, 3.63) is 71.8 Å². The van der Waals surface area contributed by atoms with E-state index in [1.54, 1.807) is 35.4 Å². The number of halogens is 1. The third-order valence-corrected chi connectivity index (χ3v) is 5.87. The predicted octanol–water partition coefficient (Wildman–Crippen LogP) is 4.06. The summed E-state index contributed by atoms with van der Waals surface area (Å²) in [6, 6.07) is 8.27. The van der Waals surface area contributed by atoms with Gasteiger partial charge in [-0.2, -0.15) is 0 Å². The number of para-hydroxylation sites is 1. The van der Waals surface area contributed by atoms with Crippen molar-refractivity contribution in [3.8, 4) is 22.8 Å². The largest absolute Gasteiger partial charge is 0.470 e. The van der Waals surface area contributed by atoms with Gasteiger partial charge in [-0.15, -0.1) is 10.2 Å². The van der Waals surface area contributed by atoms with Gasteiger partial charge in [-0.05, 0) is 49.6 Å². The molecule has 8 nitrogen and oxygen atoms in total. The highest BCUT2D eigenvalue weighted by atomic mass is 19.1. The summed E-state index contributed by atoms with van der Waals surface area (Å²) in [5.41, 5.74) is 3.57. The first-order valence-corrected chi connectivity index (χ1v) is 10.4. The minimum Gasteiger partial charge on any atom is -0.470 e. The van der Waals surface area contributed by atoms with E-state index >= 15 is 0 Å². The van der Waals surface area contributed by atoms with Crippen molar-refractivity contribution < 1.29 is 13.9 Å². The molecule has 1 aliphatic carbocycles. The van der Waals surface area contributed by atoms with Gasteiger partial charge in [0.25, 0.3) is 5.91 Å². The summed E-state index contributed by atoms with van der Waals surface area (Å²) in [4.78, 5) is 17.5. The molecule has 1 amide bonds. The molecule has 1 aliphatic heterocycles. The van der Waals surface area contributed by atoms with E-state index in [4.69, 9.17) is 4.74 Å². The van der Waals surface area contributed by atoms with E-state index in [9.17, 15) is 9.18 Å². The van der Waals surface area contributed by atoms with E-state index in [0.29, 0.717) is 28.7 Å². The number of nitrogens with zero attached hydrogens (tertiary/aromatic N) is 5. The van der Waals surface area contributed by atoms with Crippen LogP contribution in [0.2, 0.25) is 0 Å². The van der Waals surface area contributed by atoms with E-state index in [2.05, 4.69) is 20.5 Å². The van der Waals surface area contributed by atoms with E-state index in [-0.39, 0.29) is 12.3 Å². The second-order valence-electron chi connectivity index (χ2n) is 8.13. The Labute approximate surface area is 182 Å². The summed E-state index contributed by atoms with van der Waals surface area (Å²) < 4.78 is 24.2. The second kappa shape index (κ2) is 7.01. The van der Waals surface area contributed by atoms with E-state index in [0.717, 1.165) is 29.8 Å². The zero-order valence-electron chi connectivity index (χ0n) is 17.2. The van der Waals surface area contributed by atoms with Crippen LogP contribution in [-0.2, 0) is 6.73 Å². The van der Waals surface area contributed by atoms with Crippen LogP contribution in [0.15, 0.2) is 49.2 Å². The maximum atomic E-state index is 14.8. The van der Waals surface area contributed by atoms with Gasteiger partial charge in [0.1, 0.15) is 12.1 Å². The summed E-state index contributed by atoms with van der Waals surface area (Å²) in [5, 5.41) is 10.8. The molecule has 1 saturated carbocycles. The van der Waals surface area contributed by atoms with Gasteiger partial charge in [0.15, 0.2) is 18.3 Å². The SMILES string of the molecule is Cc1cc(F)c(C(=O)Nc2cccc3c2OCn2cnnc2-3)cc1-n1cnc(C2CC2)c1. The number of carbonyl (C=O) groups excluding carboxylic acids is 1. The smallest absolute Gasteiger partial charge is 0.258 e. The number of hydrogen-bond acceptors (Lipinski definition) is 5. The molecule has 0 bridgehead atoms. The molecule has 160 valence electrons. The number of nitrogens with one attached hydrogen (secondary N) is 1. The molecule has 0 saturated heterocycles. The lowest BCUT2D eigenvalue weighted by molar-refractivity contribution is 0.102. The van der Waals surface area contributed by atoms with Crippen LogP contribution in [0.25, 0.3) is 17.1 Å². The topological polar surface area (TPSA) is 86.9 Å². The number of anilines is 1. The standard InChI is InChI=1S/C23H19FN6O2/c1-13-7-17(24)16(8-20(13)29-9-19(25-10-29)14-5-6-14)23(31)27-18-4-2-3-15-21(18)32-12-30-11-26-28-22(15)30/h2-4,7-11,14H,5-6,12H2,1H3,(H,27,31). The van der Waals surface area contributed by atoms with Crippen LogP contribution in [0.4, 0.5) is 10.1 Å². The molecule has 2 aromatic carbocycles. The molecule has 0 atom stereocenters. The number of benzene rings is 2. The predicted molar refractivity (Wildman–Crippen MR) is 114 cm³/mol. The molecule has 0 spiro atoms. The molecular weight excluding hydrogens is 411 g/mol. The van der Waals surface area contributed by atoms with Crippen LogP contribution >= 0.6 is 0 Å². The summed E-state index contributed by atoms with van der Waals surface area (Å²) in [6.07, 6.45) is 7.54. The summed E-state index contributed by atoms with van der Waals surface area (Å²) in [5.74, 6) is 0.498. The fourth-order valence-electron chi connectivity index (χ4n) is 4.02. The minimum atomic E-state index is -0.586. The highest BCUT2D eigenvalue weighted by molar-refractivity contribution is 6.06. The van der Waals surface area contributed by atoms with Crippen molar-refractivity contribution in [1.29, 1.82) is 0 Å². The highest BCUT2D eigenvalue weighted by Crippen LogP contribution is 2.40. The molecule has 4 aromatic rings. The van der Waals surface area contributed by atoms with Crippen molar-refractivity contribution in [3.63, 3.8) is 0 Å². The van der Waals surface area contributed by atoms with Crippen molar-refractivity contribution in [2.75, 3.05) is 5.32 Å². The third-order valence-electron chi connectivity index (χ3n) is 5.87. The van der Waals surface area contributed by atoms with Crippen LogP contribution in [0, 0.1) is 12.7 Å². The van der Waals surface area contributed by atoms with Crippen molar-refractivity contribution in [2.24, 2.45) is 0 Å². The van der Waals surface area contributed by atoms with Crippen LogP contribution in [-0.4, -0.2) is 30.2 Å². The van der Waals surface area contributed by atoms with E-state index < -0.39 is 11.7 Å². The Morgan fingerprint density at radius 2 is 2.12 bits per heavy atom. The number of rotatable bonds is 4. The van der Waals surface area contributed by atoms with Crippen molar-refractivity contribution in [1.82, 2.24) is 24.3 Å². The molecule has 3 heterocycles. The van der Waals surface area contributed by atoms with Gasteiger partial charge < -0.3 is 14.6 Å². The number of amides is 1. The van der Waals surface area contributed by atoms with Gasteiger partial charge >= 0.3 is 0 Å². The average Bonchev–Trinajstić information content (AvgIpc) is 3.31. The Hall–Kier alpha value is -4.01. The van der Waals surface area contributed by atoms with Crippen LogP contribution in [0.1, 0.15) is 40.4 Å². The Bertz CT molecular complexity index is 1370. The number of carbonyl (C=O) groups is 1. The Morgan fingerprint density at radius 1 is 1.25 bits per heavy atom. The first kappa shape index (κ1) is 18.7. The fourth-order valence-corrected chi connectivity index (χ4v) is 4.02. The van der Waals surface area contributed by atoms with Crippen LogP contribution < -0.4 is 10.1 Å². The monoisotopic (exact) mass is 430 g/mol. The van der Waals surface area contributed by atoms with Gasteiger partial charge in [0.05, 0.1) is 34.5 Å². The van der Waals surface area contributed by atoms with Gasteiger partial charge in [0.2, 0.25) is 0 Å². The lowest BCUT2D eigenvalue weighted by Crippen LogP contribution is -2.18. The Morgan fingerprint density at radius 3 is 2.97 bits per heavy atom. The number of ether oxygens (including phenoxy) is 1. The summed E-state index contributed by atoms with van der Waals surface area (Å²) >= 11 is 0. The van der Waals surface area contributed by atoms with Gasteiger partial charge in [0, 0.05) is 12.1 Å². The lowest BCUT2D eigenvalue weighted by Gasteiger charge is -2.21. The first-order valence-electron chi connectivity index (χ1n) is 10.4. The van der Waals surface area contributed by atoms with Gasteiger partial charge in [-0.3, -0.25) is 9.36 Å². The number of fused-ring (bicyclic) bond motifs is 3. The number of imidazole rings is 1. The molecule has 6 rings (SSSR count). The van der Waals surface area contributed by atoms with Crippen molar-refractivity contribution >= 4 is 11.6 Å². The van der Waals surface area contributed by atoms with Gasteiger partial charge in [-0.1, -0.05) is 6.07 Å². The minimum absolute atomic E-state index is 0.0520. The number of aromatic nitrogens is 5. The molecule has 9 heteroatoms. The van der Waals surface area contributed by atoms with Crippen molar-refractivity contribution in [2.45, 2.75) is 32.4 Å². The summed E-state index contributed by atoms with van der Waals surface area (Å²) in [7, 11) is 0. The quantitative estimate of drug-likeness (QED) is 0.528. The molecule has 0 radical (unpaired) electrons. The maximum Gasteiger partial charge on any atom is 0.258 e. The normalized spacial score (nSPS) is 14.4. The lowest BCUT2D eigenvalue weighted by atomic mass is 10.1. The summed E-state index contributed by atoms with van der Waals surface area (Å²) in [6.45, 7) is 2.05.